The third kappa shape index (κ3) is 22.1. The van der Waals surface area contributed by atoms with Gasteiger partial charge in [0.15, 0.2) is 5.03 Å². The Labute approximate surface area is 449 Å². The van der Waals surface area contributed by atoms with Crippen molar-refractivity contribution >= 4 is 53.4 Å². The van der Waals surface area contributed by atoms with Crippen molar-refractivity contribution < 1.29 is 57.6 Å². The number of esters is 3. The Morgan fingerprint density at radius 3 is 1.44 bits per heavy atom. The van der Waals surface area contributed by atoms with E-state index in [0.717, 1.165) is 0 Å². The van der Waals surface area contributed by atoms with E-state index in [0.29, 0.717) is 27.8 Å². The molecule has 0 aromatic heterocycles. The predicted molar refractivity (Wildman–Crippen MR) is 283 cm³/mol. The number of hydrogen-bond acceptors (Lipinski definition) is 15. The summed E-state index contributed by atoms with van der Waals surface area (Å²) in [4.78, 5) is 124. The van der Waals surface area contributed by atoms with Gasteiger partial charge in [-0.3, -0.25) is 33.6 Å². The highest BCUT2D eigenvalue weighted by Gasteiger charge is 2.32. The van der Waals surface area contributed by atoms with E-state index in [1.54, 1.807) is 157 Å². The number of rotatable bonds is 30. The van der Waals surface area contributed by atoms with Gasteiger partial charge in [-0.1, -0.05) is 157 Å². The molecule has 0 bridgehead atoms. The van der Waals surface area contributed by atoms with E-state index in [1.165, 1.54) is 0 Å². The third-order valence-corrected chi connectivity index (χ3v) is 11.4. The average Bonchev–Trinajstić information content (AvgIpc) is 3.44. The molecule has 5 aromatic carbocycles. The molecule has 0 aliphatic rings. The van der Waals surface area contributed by atoms with Crippen LogP contribution in [0.4, 0.5) is 0 Å². The van der Waals surface area contributed by atoms with Gasteiger partial charge in [0, 0.05) is 19.4 Å². The van der Waals surface area contributed by atoms with Crippen molar-refractivity contribution in [1.82, 2.24) is 32.0 Å². The number of nitrogens with zero attached hydrogens (tertiary/aromatic N) is 2. The van der Waals surface area contributed by atoms with Crippen LogP contribution in [-0.2, 0) is 85.2 Å². The van der Waals surface area contributed by atoms with Gasteiger partial charge in [0.25, 0.3) is 5.96 Å². The summed E-state index contributed by atoms with van der Waals surface area (Å²) in [5, 5.41) is 22.6. The lowest BCUT2D eigenvalue weighted by Crippen LogP contribution is -2.57. The number of hydrogen-bond donors (Lipinski definition) is 8. The van der Waals surface area contributed by atoms with Crippen molar-refractivity contribution in [2.45, 2.75) is 88.6 Å². The highest BCUT2D eigenvalue weighted by molar-refractivity contribution is 5.97. The maximum absolute atomic E-state index is 14.2. The number of hydrazine groups is 1. The highest BCUT2D eigenvalue weighted by Crippen LogP contribution is 2.12. The minimum absolute atomic E-state index is 0.0123. The number of nitrogens with two attached hydrogens (primary N) is 2. The molecular weight excluding hydrogens is 1010 g/mol. The maximum Gasteiger partial charge on any atom is 0.329 e. The van der Waals surface area contributed by atoms with Crippen molar-refractivity contribution in [2.75, 3.05) is 13.1 Å². The van der Waals surface area contributed by atoms with Gasteiger partial charge in [0.2, 0.25) is 29.5 Å². The average molecular weight is 1070 g/mol. The van der Waals surface area contributed by atoms with Gasteiger partial charge in [-0.25, -0.2) is 19.9 Å². The first-order chi connectivity index (χ1) is 37.6. The fraction of sp³-hybridized carbons (Fsp3) is 0.291. The predicted octanol–water partition coefficient (Wildman–Crippen LogP) is 1.74. The Morgan fingerprint density at radius 2 is 0.936 bits per heavy atom. The third-order valence-electron chi connectivity index (χ3n) is 11.4. The number of nitro groups is 1. The number of nitrogens with one attached hydrogen (secondary N) is 6. The summed E-state index contributed by atoms with van der Waals surface area (Å²) in [6.45, 7) is -1.33. The van der Waals surface area contributed by atoms with Gasteiger partial charge < -0.3 is 52.3 Å². The standard InChI is InChI=1S/C55H62N10O13/c56-42(31-48(67)76-34-39-21-10-3-11-22-39)50(69)62-44(29-37-17-6-1-7-18-37)52(71)61-43(27-16-28-58-55(57)64-65(74)75)51(70)59-33-47(66)60-45(32-49(68)77-35-40-23-12-4-13-24-40)53(72)63-46(30-38-19-8-2-9-20-38)54(73)78-36-41-25-14-5-15-26-41/h1-15,17-26,42-46H,16,27-36,56H2,(H,59,70)(H,60,66)(H,61,71)(H,62,69)(H,63,72)(H3,57,58,64)/t42-,43-,44-,45-,46-/m0/s1. The summed E-state index contributed by atoms with van der Waals surface area (Å²) < 4.78 is 16.3. The number of carbonyl (C=O) groups excluding carboxylic acids is 8. The molecule has 0 heterocycles. The molecule has 23 heteroatoms. The molecule has 23 nitrogen and oxygen atoms in total. The lowest BCUT2D eigenvalue weighted by molar-refractivity contribution is -0.525. The number of amides is 5. The SMILES string of the molecule is NC(=NCCC[C@H](NC(=O)[C@H](Cc1ccccc1)NC(=O)[C@@H](N)CC(=O)OCc1ccccc1)C(=O)NCC(=O)N[C@@H](CC(=O)OCc1ccccc1)C(=O)N[C@@H](Cc1ccccc1)C(=O)OCc1ccccc1)N[N+](=O)[O-]. The summed E-state index contributed by atoms with van der Waals surface area (Å²) >= 11 is 0. The lowest BCUT2D eigenvalue weighted by Gasteiger charge is -2.25. The van der Waals surface area contributed by atoms with E-state index >= 15 is 0 Å². The summed E-state index contributed by atoms with van der Waals surface area (Å²) in [5.74, 6) is -7.66. The second-order valence-electron chi connectivity index (χ2n) is 17.6. The van der Waals surface area contributed by atoms with Crippen LogP contribution in [0.25, 0.3) is 0 Å². The number of ether oxygens (including phenoxy) is 3. The van der Waals surface area contributed by atoms with E-state index in [1.807, 2.05) is 0 Å². The van der Waals surface area contributed by atoms with E-state index in [4.69, 9.17) is 25.7 Å². The number of guanidine groups is 1. The minimum atomic E-state index is -1.66. The Morgan fingerprint density at radius 1 is 0.513 bits per heavy atom. The molecule has 5 aromatic rings. The quantitative estimate of drug-likeness (QED) is 0.00618. The van der Waals surface area contributed by atoms with Crippen LogP contribution in [0.15, 0.2) is 157 Å². The molecule has 5 atom stereocenters. The summed E-state index contributed by atoms with van der Waals surface area (Å²) in [5.41, 5.74) is 16.6. The Kier molecular flexibility index (Phi) is 24.4. The zero-order valence-electron chi connectivity index (χ0n) is 42.5. The summed E-state index contributed by atoms with van der Waals surface area (Å²) in [6, 6.07) is 36.3. The molecule has 0 saturated heterocycles. The molecule has 0 saturated carbocycles. The van der Waals surface area contributed by atoms with Crippen LogP contribution in [0.2, 0.25) is 0 Å². The van der Waals surface area contributed by atoms with Gasteiger partial charge >= 0.3 is 17.9 Å². The van der Waals surface area contributed by atoms with E-state index in [-0.39, 0.29) is 52.0 Å². The largest absolute Gasteiger partial charge is 0.461 e. The Balaban J connectivity index is 1.31. The molecule has 10 N–H and O–H groups in total. The monoisotopic (exact) mass is 1070 g/mol. The molecule has 0 aliphatic carbocycles. The topological polar surface area (TPSA) is 344 Å². The molecule has 410 valence electrons. The molecule has 0 radical (unpaired) electrons. The summed E-state index contributed by atoms with van der Waals surface area (Å²) in [7, 11) is 0. The molecule has 0 unspecified atom stereocenters. The smallest absolute Gasteiger partial charge is 0.329 e. The minimum Gasteiger partial charge on any atom is -0.461 e. The number of benzene rings is 5. The first kappa shape index (κ1) is 59.4. The second-order valence-corrected chi connectivity index (χ2v) is 17.6. The van der Waals surface area contributed by atoms with Crippen molar-refractivity contribution in [3.05, 3.63) is 190 Å². The van der Waals surface area contributed by atoms with Crippen molar-refractivity contribution in [3.63, 3.8) is 0 Å². The maximum atomic E-state index is 14.2. The number of aliphatic imine (C=N–C) groups is 1. The van der Waals surface area contributed by atoms with Crippen LogP contribution in [0, 0.1) is 10.1 Å². The zero-order chi connectivity index (χ0) is 56.1. The van der Waals surface area contributed by atoms with Gasteiger partial charge in [0.1, 0.15) is 44.0 Å². The number of carbonyl (C=O) groups is 8. The van der Waals surface area contributed by atoms with E-state index < -0.39 is 108 Å². The first-order valence-corrected chi connectivity index (χ1v) is 24.7. The van der Waals surface area contributed by atoms with Crippen molar-refractivity contribution in [3.8, 4) is 0 Å². The highest BCUT2D eigenvalue weighted by atomic mass is 16.7. The van der Waals surface area contributed by atoms with Gasteiger partial charge in [-0.2, -0.15) is 0 Å². The Bertz CT molecular complexity index is 2800. The van der Waals surface area contributed by atoms with Crippen LogP contribution >= 0.6 is 0 Å². The lowest BCUT2D eigenvalue weighted by atomic mass is 10.0. The first-order valence-electron chi connectivity index (χ1n) is 24.7. The zero-order valence-corrected chi connectivity index (χ0v) is 42.5. The van der Waals surface area contributed by atoms with Crippen LogP contribution in [0.5, 0.6) is 0 Å². The van der Waals surface area contributed by atoms with Crippen molar-refractivity contribution in [1.29, 1.82) is 0 Å². The molecule has 0 spiro atoms. The molecule has 78 heavy (non-hydrogen) atoms. The fourth-order valence-corrected chi connectivity index (χ4v) is 7.43. The molecule has 0 fully saturated rings. The van der Waals surface area contributed by atoms with Gasteiger partial charge in [0.05, 0.1) is 25.4 Å². The van der Waals surface area contributed by atoms with Crippen molar-refractivity contribution in [2.24, 2.45) is 16.5 Å². The van der Waals surface area contributed by atoms with E-state index in [9.17, 15) is 48.5 Å². The van der Waals surface area contributed by atoms with Crippen LogP contribution < -0.4 is 43.5 Å². The normalized spacial score (nSPS) is 12.9. The second kappa shape index (κ2) is 32.0. The molecule has 5 amide bonds. The summed E-state index contributed by atoms with van der Waals surface area (Å²) in [6.07, 6.45) is -1.60. The van der Waals surface area contributed by atoms with E-state index in [2.05, 4.69) is 31.6 Å². The molecule has 5 rings (SSSR count). The Hall–Kier alpha value is -9.51. The van der Waals surface area contributed by atoms with Crippen LogP contribution in [0.3, 0.4) is 0 Å². The molecule has 0 aliphatic heterocycles. The van der Waals surface area contributed by atoms with Crippen LogP contribution in [-0.4, -0.2) is 102 Å². The van der Waals surface area contributed by atoms with Gasteiger partial charge in [-0.05, 0) is 40.7 Å². The fourth-order valence-electron chi connectivity index (χ4n) is 7.43. The molecular formula is C55H62N10O13. The van der Waals surface area contributed by atoms with Gasteiger partial charge in [-0.15, -0.1) is 0 Å². The van der Waals surface area contributed by atoms with Crippen LogP contribution in [0.1, 0.15) is 53.5 Å².